The van der Waals surface area contributed by atoms with E-state index in [2.05, 4.69) is 4.28 Å². The number of nitrogens with zero attached hydrogens (tertiary/aromatic N) is 1. The molecule has 1 aliphatic heterocycles. The van der Waals surface area contributed by atoms with Crippen LogP contribution in [0.3, 0.4) is 0 Å². The standard InChI is InChI=1S/C18H14F3NO8S/c1-9(2)8-28-17(25)29-11-6-10-4-3-5-12-14(10)13(7-11)16(24)22(15(12)23)30-31(26,27)18(19,20)21/h3-7,9H,8H2,1-2H3. The number of rotatable bonds is 5. The summed E-state index contributed by atoms with van der Waals surface area (Å²) in [4.78, 5) is 36.9. The van der Waals surface area contributed by atoms with Crippen molar-refractivity contribution in [1.82, 2.24) is 5.06 Å². The Morgan fingerprint density at radius 1 is 1.10 bits per heavy atom. The summed E-state index contributed by atoms with van der Waals surface area (Å²) in [7, 11) is -6.30. The average molecular weight is 461 g/mol. The van der Waals surface area contributed by atoms with E-state index in [9.17, 15) is 36.0 Å². The zero-order chi connectivity index (χ0) is 23.1. The summed E-state index contributed by atoms with van der Waals surface area (Å²) in [5.41, 5.74) is -6.56. The summed E-state index contributed by atoms with van der Waals surface area (Å²) in [5, 5.41) is -0.229. The highest BCUT2D eigenvalue weighted by atomic mass is 32.2. The Bertz CT molecular complexity index is 1190. The molecule has 0 radical (unpaired) electrons. The molecule has 2 aromatic carbocycles. The Balaban J connectivity index is 2.03. The molecule has 166 valence electrons. The predicted molar refractivity (Wildman–Crippen MR) is 97.3 cm³/mol. The molecule has 0 aliphatic carbocycles. The Hall–Kier alpha value is -3.19. The Morgan fingerprint density at radius 3 is 2.35 bits per heavy atom. The topological polar surface area (TPSA) is 116 Å². The first kappa shape index (κ1) is 22.5. The van der Waals surface area contributed by atoms with Gasteiger partial charge in [-0.3, -0.25) is 9.59 Å². The van der Waals surface area contributed by atoms with Crippen LogP contribution in [0.4, 0.5) is 18.0 Å². The predicted octanol–water partition coefficient (Wildman–Crippen LogP) is 3.39. The van der Waals surface area contributed by atoms with Crippen LogP contribution in [0.2, 0.25) is 0 Å². The van der Waals surface area contributed by atoms with E-state index >= 15 is 0 Å². The molecule has 1 heterocycles. The molecule has 13 heteroatoms. The Labute approximate surface area is 173 Å². The number of hydrogen-bond donors (Lipinski definition) is 0. The van der Waals surface area contributed by atoms with E-state index < -0.39 is 44.2 Å². The van der Waals surface area contributed by atoms with E-state index in [1.54, 1.807) is 13.8 Å². The van der Waals surface area contributed by atoms with Gasteiger partial charge in [-0.15, -0.1) is 9.35 Å². The van der Waals surface area contributed by atoms with E-state index in [1.165, 1.54) is 24.3 Å². The van der Waals surface area contributed by atoms with Crippen molar-refractivity contribution in [1.29, 1.82) is 0 Å². The summed E-state index contributed by atoms with van der Waals surface area (Å²) in [5.74, 6) is -3.08. The first-order valence-electron chi connectivity index (χ1n) is 8.63. The molecule has 2 aromatic rings. The van der Waals surface area contributed by atoms with Crippen LogP contribution in [0, 0.1) is 5.92 Å². The molecular formula is C18H14F3NO8S. The largest absolute Gasteiger partial charge is 0.525 e. The zero-order valence-electron chi connectivity index (χ0n) is 15.9. The van der Waals surface area contributed by atoms with Crippen molar-refractivity contribution >= 4 is 38.9 Å². The van der Waals surface area contributed by atoms with Gasteiger partial charge in [-0.25, -0.2) is 4.79 Å². The molecule has 0 saturated carbocycles. The summed E-state index contributed by atoms with van der Waals surface area (Å²) < 4.78 is 74.3. The van der Waals surface area contributed by atoms with Crippen molar-refractivity contribution in [2.45, 2.75) is 19.4 Å². The molecule has 1 aliphatic rings. The Kier molecular flexibility index (Phi) is 5.67. The zero-order valence-corrected chi connectivity index (χ0v) is 16.7. The minimum atomic E-state index is -6.30. The number of alkyl halides is 3. The minimum Gasteiger partial charge on any atom is -0.434 e. The minimum absolute atomic E-state index is 0.0155. The van der Waals surface area contributed by atoms with Gasteiger partial charge < -0.3 is 9.47 Å². The van der Waals surface area contributed by atoms with Gasteiger partial charge in [0.05, 0.1) is 17.7 Å². The van der Waals surface area contributed by atoms with Crippen molar-refractivity contribution in [2.24, 2.45) is 5.92 Å². The number of amides is 2. The third-order valence-corrected chi connectivity index (χ3v) is 4.88. The highest BCUT2D eigenvalue weighted by Gasteiger charge is 2.51. The molecule has 0 aromatic heterocycles. The van der Waals surface area contributed by atoms with Gasteiger partial charge in [-0.2, -0.15) is 21.6 Å². The summed E-state index contributed by atoms with van der Waals surface area (Å²) in [6.07, 6.45) is -1.09. The van der Waals surface area contributed by atoms with E-state index in [1.807, 2.05) is 0 Å². The number of benzene rings is 2. The Morgan fingerprint density at radius 2 is 1.74 bits per heavy atom. The number of halogens is 3. The maximum Gasteiger partial charge on any atom is 0.525 e. The molecular weight excluding hydrogens is 447 g/mol. The summed E-state index contributed by atoms with van der Waals surface area (Å²) in [6.45, 7) is 3.62. The molecule has 0 fully saturated rings. The number of hydrogen-bond acceptors (Lipinski definition) is 8. The van der Waals surface area contributed by atoms with Gasteiger partial charge in [0.25, 0.3) is 11.8 Å². The van der Waals surface area contributed by atoms with Crippen LogP contribution >= 0.6 is 0 Å². The van der Waals surface area contributed by atoms with E-state index in [-0.39, 0.29) is 34.6 Å². The summed E-state index contributed by atoms with van der Waals surface area (Å²) >= 11 is 0. The maximum atomic E-state index is 12.7. The number of imide groups is 1. The fraction of sp³-hybridized carbons (Fsp3) is 0.278. The van der Waals surface area contributed by atoms with Gasteiger partial charge in [0.15, 0.2) is 0 Å². The quantitative estimate of drug-likeness (QED) is 0.288. The highest BCUT2D eigenvalue weighted by molar-refractivity contribution is 7.87. The lowest BCUT2D eigenvalue weighted by molar-refractivity contribution is -0.0761. The SMILES string of the molecule is CC(C)COC(=O)Oc1cc2c3c(cccc3c1)C(=O)N(OS(=O)(=O)C(F)(F)F)C2=O. The van der Waals surface area contributed by atoms with Gasteiger partial charge >= 0.3 is 21.8 Å². The number of carbonyl (C=O) groups excluding carboxylic acids is 3. The van der Waals surface area contributed by atoms with Crippen molar-refractivity contribution in [2.75, 3.05) is 6.61 Å². The maximum absolute atomic E-state index is 12.7. The van der Waals surface area contributed by atoms with Gasteiger partial charge in [0, 0.05) is 5.39 Å². The fourth-order valence-electron chi connectivity index (χ4n) is 2.69. The van der Waals surface area contributed by atoms with Crippen molar-refractivity contribution in [3.05, 3.63) is 41.5 Å². The molecule has 2 amide bonds. The van der Waals surface area contributed by atoms with Gasteiger partial charge in [-0.1, -0.05) is 26.0 Å². The fourth-order valence-corrected chi connectivity index (χ4v) is 3.10. The first-order chi connectivity index (χ1) is 14.3. The molecule has 0 spiro atoms. The first-order valence-corrected chi connectivity index (χ1v) is 10.0. The van der Waals surface area contributed by atoms with Gasteiger partial charge in [0.2, 0.25) is 0 Å². The van der Waals surface area contributed by atoms with Crippen LogP contribution in [-0.4, -0.2) is 43.6 Å². The van der Waals surface area contributed by atoms with Crippen molar-refractivity contribution in [3.63, 3.8) is 0 Å². The summed E-state index contributed by atoms with van der Waals surface area (Å²) in [6, 6.07) is 6.25. The van der Waals surface area contributed by atoms with Crippen molar-refractivity contribution in [3.8, 4) is 5.75 Å². The lowest BCUT2D eigenvalue weighted by Gasteiger charge is -2.25. The number of hydroxylamine groups is 2. The average Bonchev–Trinajstić information content (AvgIpc) is 2.66. The third kappa shape index (κ3) is 4.32. The smallest absolute Gasteiger partial charge is 0.434 e. The molecule has 0 atom stereocenters. The van der Waals surface area contributed by atoms with Crippen LogP contribution in [0.15, 0.2) is 30.3 Å². The van der Waals surface area contributed by atoms with Gasteiger partial charge in [0.1, 0.15) is 5.75 Å². The number of carbonyl (C=O) groups is 3. The highest BCUT2D eigenvalue weighted by Crippen LogP contribution is 2.35. The second-order valence-electron chi connectivity index (χ2n) is 6.81. The monoisotopic (exact) mass is 461 g/mol. The van der Waals surface area contributed by atoms with Crippen LogP contribution in [0.1, 0.15) is 34.6 Å². The lowest BCUT2D eigenvalue weighted by Crippen LogP contribution is -2.44. The van der Waals surface area contributed by atoms with Crippen LogP contribution in [0.5, 0.6) is 5.75 Å². The molecule has 0 unspecified atom stereocenters. The van der Waals surface area contributed by atoms with E-state index in [0.29, 0.717) is 0 Å². The van der Waals surface area contributed by atoms with E-state index in [4.69, 9.17) is 9.47 Å². The molecule has 31 heavy (non-hydrogen) atoms. The van der Waals surface area contributed by atoms with Crippen molar-refractivity contribution < 1.29 is 49.7 Å². The van der Waals surface area contributed by atoms with Crippen LogP contribution in [-0.2, 0) is 19.1 Å². The molecule has 0 bridgehead atoms. The second kappa shape index (κ2) is 7.81. The van der Waals surface area contributed by atoms with Gasteiger partial charge in [-0.05, 0) is 29.5 Å². The molecule has 0 N–H and O–H groups in total. The molecule has 9 nitrogen and oxygen atoms in total. The second-order valence-corrected chi connectivity index (χ2v) is 8.33. The molecule has 3 rings (SSSR count). The van der Waals surface area contributed by atoms with Crippen LogP contribution < -0.4 is 4.74 Å². The lowest BCUT2D eigenvalue weighted by atomic mass is 9.95. The third-order valence-electron chi connectivity index (χ3n) is 3.97. The van der Waals surface area contributed by atoms with Crippen LogP contribution in [0.25, 0.3) is 10.8 Å². The number of ether oxygens (including phenoxy) is 2. The molecule has 0 saturated heterocycles. The van der Waals surface area contributed by atoms with E-state index in [0.717, 1.165) is 6.07 Å². The normalized spacial score (nSPS) is 14.3.